The van der Waals surface area contributed by atoms with E-state index in [4.69, 9.17) is 23.2 Å². The van der Waals surface area contributed by atoms with Gasteiger partial charge in [-0.25, -0.2) is 9.97 Å². The van der Waals surface area contributed by atoms with E-state index < -0.39 is 5.91 Å². The molecule has 1 heterocycles. The highest BCUT2D eigenvalue weighted by atomic mass is 35.5. The molecule has 0 atom stereocenters. The third-order valence-electron chi connectivity index (χ3n) is 3.62. The molecule has 0 unspecified atom stereocenters. The predicted molar refractivity (Wildman–Crippen MR) is 105 cm³/mol. The lowest BCUT2D eigenvalue weighted by molar-refractivity contribution is 0.102. The van der Waals surface area contributed by atoms with Crippen LogP contribution in [0.25, 0.3) is 0 Å². The number of hydrogen-bond donors (Lipinski definition) is 2. The Morgan fingerprint density at radius 1 is 1.08 bits per heavy atom. The van der Waals surface area contributed by atoms with Gasteiger partial charge in [-0.05, 0) is 30.7 Å². The standard InChI is InChI=1S/C19H16Cl2N4O/c1-12-3-2-4-13(7-12)9-23-18-11-22-17(10-24-18)19(26)25-16-8-14(20)5-6-15(16)21/h2-8,10-11H,9H2,1H3,(H,23,24)(H,25,26). The molecule has 0 saturated carbocycles. The van der Waals surface area contributed by atoms with Gasteiger partial charge in [0, 0.05) is 11.6 Å². The minimum Gasteiger partial charge on any atom is -0.365 e. The highest BCUT2D eigenvalue weighted by molar-refractivity contribution is 6.35. The number of rotatable bonds is 5. The van der Waals surface area contributed by atoms with Crippen LogP contribution in [0.4, 0.5) is 11.5 Å². The van der Waals surface area contributed by atoms with Crippen molar-refractivity contribution in [2.75, 3.05) is 10.6 Å². The summed E-state index contributed by atoms with van der Waals surface area (Å²) in [7, 11) is 0. The zero-order chi connectivity index (χ0) is 18.5. The summed E-state index contributed by atoms with van der Waals surface area (Å²) in [5, 5.41) is 6.72. The molecule has 0 aliphatic rings. The largest absolute Gasteiger partial charge is 0.365 e. The van der Waals surface area contributed by atoms with Crippen LogP contribution in [0.15, 0.2) is 54.9 Å². The van der Waals surface area contributed by atoms with Gasteiger partial charge in [0.2, 0.25) is 0 Å². The van der Waals surface area contributed by atoms with Crippen LogP contribution < -0.4 is 10.6 Å². The van der Waals surface area contributed by atoms with Crippen molar-refractivity contribution in [1.82, 2.24) is 9.97 Å². The van der Waals surface area contributed by atoms with Crippen molar-refractivity contribution < 1.29 is 4.79 Å². The van der Waals surface area contributed by atoms with Gasteiger partial charge in [0.1, 0.15) is 11.5 Å². The van der Waals surface area contributed by atoms with E-state index in [0.29, 0.717) is 28.1 Å². The smallest absolute Gasteiger partial charge is 0.275 e. The summed E-state index contributed by atoms with van der Waals surface area (Å²) < 4.78 is 0. The monoisotopic (exact) mass is 386 g/mol. The van der Waals surface area contributed by atoms with Crippen LogP contribution in [0.2, 0.25) is 10.0 Å². The van der Waals surface area contributed by atoms with E-state index in [9.17, 15) is 4.79 Å². The first-order chi connectivity index (χ1) is 12.5. The molecular weight excluding hydrogens is 371 g/mol. The van der Waals surface area contributed by atoms with Crippen LogP contribution in [0, 0.1) is 6.92 Å². The van der Waals surface area contributed by atoms with Gasteiger partial charge >= 0.3 is 0 Å². The molecule has 0 aliphatic carbocycles. The number of nitrogens with zero attached hydrogens (tertiary/aromatic N) is 2. The minimum absolute atomic E-state index is 0.183. The topological polar surface area (TPSA) is 66.9 Å². The van der Waals surface area contributed by atoms with E-state index in [1.807, 2.05) is 25.1 Å². The zero-order valence-corrected chi connectivity index (χ0v) is 15.5. The van der Waals surface area contributed by atoms with Gasteiger partial charge in [-0.1, -0.05) is 53.0 Å². The first-order valence-electron chi connectivity index (χ1n) is 7.89. The molecule has 1 amide bonds. The van der Waals surface area contributed by atoms with Crippen LogP contribution in [0.1, 0.15) is 21.6 Å². The molecule has 0 radical (unpaired) electrons. The maximum atomic E-state index is 12.3. The van der Waals surface area contributed by atoms with Crippen molar-refractivity contribution in [2.24, 2.45) is 0 Å². The molecule has 132 valence electrons. The Morgan fingerprint density at radius 2 is 1.92 bits per heavy atom. The van der Waals surface area contributed by atoms with Crippen molar-refractivity contribution in [1.29, 1.82) is 0 Å². The molecule has 5 nitrogen and oxygen atoms in total. The summed E-state index contributed by atoms with van der Waals surface area (Å²) in [6.45, 7) is 2.67. The molecule has 0 saturated heterocycles. The molecule has 2 N–H and O–H groups in total. The normalized spacial score (nSPS) is 10.4. The van der Waals surface area contributed by atoms with Gasteiger partial charge in [0.15, 0.2) is 0 Å². The van der Waals surface area contributed by atoms with Crippen molar-refractivity contribution in [3.8, 4) is 0 Å². The lowest BCUT2D eigenvalue weighted by Gasteiger charge is -2.08. The minimum atomic E-state index is -0.410. The van der Waals surface area contributed by atoms with Gasteiger partial charge in [0.25, 0.3) is 5.91 Å². The van der Waals surface area contributed by atoms with Crippen LogP contribution in [-0.4, -0.2) is 15.9 Å². The average molecular weight is 387 g/mol. The van der Waals surface area contributed by atoms with Gasteiger partial charge in [-0.3, -0.25) is 4.79 Å². The fourth-order valence-corrected chi connectivity index (χ4v) is 2.67. The van der Waals surface area contributed by atoms with Crippen LogP contribution in [0.5, 0.6) is 0 Å². The fraction of sp³-hybridized carbons (Fsp3) is 0.105. The quantitative estimate of drug-likeness (QED) is 0.650. The summed E-state index contributed by atoms with van der Waals surface area (Å²) in [4.78, 5) is 20.6. The molecule has 26 heavy (non-hydrogen) atoms. The molecule has 0 fully saturated rings. The van der Waals surface area contributed by atoms with Crippen molar-refractivity contribution in [3.63, 3.8) is 0 Å². The second kappa shape index (κ2) is 8.17. The van der Waals surface area contributed by atoms with E-state index >= 15 is 0 Å². The number of benzene rings is 2. The van der Waals surface area contributed by atoms with E-state index in [1.165, 1.54) is 18.0 Å². The lowest BCUT2D eigenvalue weighted by Crippen LogP contribution is -2.15. The molecular formula is C19H16Cl2N4O. The Labute approximate surface area is 161 Å². The maximum Gasteiger partial charge on any atom is 0.275 e. The fourth-order valence-electron chi connectivity index (χ4n) is 2.33. The van der Waals surface area contributed by atoms with Crippen molar-refractivity contribution in [3.05, 3.63) is 81.7 Å². The first-order valence-corrected chi connectivity index (χ1v) is 8.65. The molecule has 0 spiro atoms. The van der Waals surface area contributed by atoms with Crippen molar-refractivity contribution >= 4 is 40.6 Å². The SMILES string of the molecule is Cc1cccc(CNc2cnc(C(=O)Nc3cc(Cl)ccc3Cl)cn2)c1. The molecule has 0 bridgehead atoms. The Kier molecular flexibility index (Phi) is 5.71. The van der Waals surface area contributed by atoms with Crippen LogP contribution in [0.3, 0.4) is 0 Å². The number of nitrogens with one attached hydrogen (secondary N) is 2. The number of halogens is 2. The van der Waals surface area contributed by atoms with E-state index in [1.54, 1.807) is 18.2 Å². The Hall–Kier alpha value is -2.63. The number of aryl methyl sites for hydroxylation is 1. The van der Waals surface area contributed by atoms with Crippen molar-refractivity contribution in [2.45, 2.75) is 13.5 Å². The number of aromatic nitrogens is 2. The van der Waals surface area contributed by atoms with E-state index in [-0.39, 0.29) is 5.69 Å². The van der Waals surface area contributed by atoms with E-state index in [2.05, 4.69) is 26.7 Å². The van der Waals surface area contributed by atoms with Crippen LogP contribution >= 0.6 is 23.2 Å². The first kappa shape index (κ1) is 18.2. The molecule has 3 rings (SSSR count). The number of amides is 1. The second-order valence-corrected chi connectivity index (χ2v) is 6.55. The second-order valence-electron chi connectivity index (χ2n) is 5.71. The summed E-state index contributed by atoms with van der Waals surface area (Å²) >= 11 is 12.0. The molecule has 3 aromatic rings. The third-order valence-corrected chi connectivity index (χ3v) is 4.18. The number of anilines is 2. The predicted octanol–water partition coefficient (Wildman–Crippen LogP) is 4.96. The number of carbonyl (C=O) groups is 1. The van der Waals surface area contributed by atoms with Crippen LogP contribution in [-0.2, 0) is 6.54 Å². The zero-order valence-electron chi connectivity index (χ0n) is 14.0. The van der Waals surface area contributed by atoms with Gasteiger partial charge in [-0.15, -0.1) is 0 Å². The van der Waals surface area contributed by atoms with Gasteiger partial charge in [-0.2, -0.15) is 0 Å². The molecule has 0 aliphatic heterocycles. The van der Waals surface area contributed by atoms with E-state index in [0.717, 1.165) is 5.56 Å². The Balaban J connectivity index is 1.63. The third kappa shape index (κ3) is 4.71. The molecule has 7 heteroatoms. The Morgan fingerprint density at radius 3 is 2.65 bits per heavy atom. The molecule has 2 aromatic carbocycles. The summed E-state index contributed by atoms with van der Waals surface area (Å²) in [5.41, 5.74) is 2.95. The highest BCUT2D eigenvalue weighted by Crippen LogP contribution is 2.25. The average Bonchev–Trinajstić information content (AvgIpc) is 2.63. The maximum absolute atomic E-state index is 12.3. The highest BCUT2D eigenvalue weighted by Gasteiger charge is 2.11. The summed E-state index contributed by atoms with van der Waals surface area (Å²) in [5.74, 6) is 0.177. The number of hydrogen-bond acceptors (Lipinski definition) is 4. The Bertz CT molecular complexity index is 929. The summed E-state index contributed by atoms with van der Waals surface area (Å²) in [6, 6.07) is 13.0. The van der Waals surface area contributed by atoms with Gasteiger partial charge < -0.3 is 10.6 Å². The number of carbonyl (C=O) groups excluding carboxylic acids is 1. The summed E-state index contributed by atoms with van der Waals surface area (Å²) in [6.07, 6.45) is 2.93. The van der Waals surface area contributed by atoms with Gasteiger partial charge in [0.05, 0.1) is 23.1 Å². The lowest BCUT2D eigenvalue weighted by atomic mass is 10.1. The molecule has 1 aromatic heterocycles.